The topological polar surface area (TPSA) is 91.9 Å². The maximum atomic E-state index is 13.4. The van der Waals surface area contributed by atoms with Gasteiger partial charge in [-0.05, 0) is 55.5 Å². The largest absolute Gasteiger partial charge is 0.461 e. The minimum Gasteiger partial charge on any atom is -0.461 e. The summed E-state index contributed by atoms with van der Waals surface area (Å²) in [6, 6.07) is 11.0. The van der Waals surface area contributed by atoms with Gasteiger partial charge in [0.15, 0.2) is 5.76 Å². The second-order valence-corrected chi connectivity index (χ2v) is 9.48. The first-order valence-corrected chi connectivity index (χ1v) is 12.4. The van der Waals surface area contributed by atoms with E-state index in [4.69, 9.17) is 4.42 Å². The van der Waals surface area contributed by atoms with E-state index in [1.807, 2.05) is 35.8 Å². The van der Waals surface area contributed by atoms with Crippen LogP contribution in [0.5, 0.6) is 0 Å². The van der Waals surface area contributed by atoms with Crippen LogP contribution in [0.2, 0.25) is 0 Å². The highest BCUT2D eigenvalue weighted by atomic mass is 16.3. The van der Waals surface area contributed by atoms with Gasteiger partial charge in [-0.25, -0.2) is 9.78 Å². The van der Waals surface area contributed by atoms with Crippen molar-refractivity contribution in [2.45, 2.75) is 32.7 Å². The summed E-state index contributed by atoms with van der Waals surface area (Å²) in [6.45, 7) is 3.87. The number of carbonyl (C=O) groups excluding carboxylic acids is 3. The molecule has 9 nitrogen and oxygen atoms in total. The minimum absolute atomic E-state index is 0.129. The molecule has 3 heterocycles. The van der Waals surface area contributed by atoms with Gasteiger partial charge in [0.05, 0.1) is 19.0 Å². The van der Waals surface area contributed by atoms with Gasteiger partial charge in [0.25, 0.3) is 5.91 Å². The standard InChI is InChI=1S/C28H33N5O4/c1-20-9-5-6-11-22(20)19-33-23(26(35)31(4)28(36)30(2)3)18-29-27(33)32-14-7-10-21(13-15-32)17-24(34)25-12-8-16-37-25/h5-6,8-9,11-12,16-18H,7,10,13-15,19H2,1-4H3/b21-17+. The van der Waals surface area contributed by atoms with E-state index in [9.17, 15) is 14.4 Å². The average Bonchev–Trinajstić information content (AvgIpc) is 3.51. The summed E-state index contributed by atoms with van der Waals surface area (Å²) in [5, 5.41) is 0. The highest BCUT2D eigenvalue weighted by Crippen LogP contribution is 2.25. The number of anilines is 1. The molecule has 0 bridgehead atoms. The van der Waals surface area contributed by atoms with Gasteiger partial charge in [0.1, 0.15) is 5.69 Å². The Kier molecular flexibility index (Phi) is 7.91. The number of furan rings is 1. The molecule has 1 aliphatic rings. The number of aryl methyl sites for hydroxylation is 1. The number of imide groups is 1. The number of nitrogens with zero attached hydrogens (tertiary/aromatic N) is 5. The third-order valence-electron chi connectivity index (χ3n) is 6.63. The normalized spacial score (nSPS) is 14.9. The summed E-state index contributed by atoms with van der Waals surface area (Å²) in [5.41, 5.74) is 3.59. The Morgan fingerprint density at radius 1 is 1.05 bits per heavy atom. The fourth-order valence-corrected chi connectivity index (χ4v) is 4.49. The Balaban J connectivity index is 1.63. The van der Waals surface area contributed by atoms with E-state index < -0.39 is 11.9 Å². The van der Waals surface area contributed by atoms with Crippen molar-refractivity contribution in [2.24, 2.45) is 0 Å². The zero-order valence-electron chi connectivity index (χ0n) is 21.8. The first-order valence-electron chi connectivity index (χ1n) is 12.4. The summed E-state index contributed by atoms with van der Waals surface area (Å²) in [4.78, 5) is 47.7. The molecule has 0 N–H and O–H groups in total. The van der Waals surface area contributed by atoms with Crippen LogP contribution in [0.3, 0.4) is 0 Å². The average molecular weight is 504 g/mol. The maximum Gasteiger partial charge on any atom is 0.326 e. The smallest absolute Gasteiger partial charge is 0.326 e. The number of urea groups is 1. The number of imidazole rings is 1. The van der Waals surface area contributed by atoms with E-state index in [0.29, 0.717) is 36.9 Å². The van der Waals surface area contributed by atoms with E-state index in [1.54, 1.807) is 38.5 Å². The number of ketones is 1. The summed E-state index contributed by atoms with van der Waals surface area (Å²) in [6.07, 6.45) is 7.07. The Bertz CT molecular complexity index is 1310. The van der Waals surface area contributed by atoms with E-state index in [0.717, 1.165) is 41.0 Å². The van der Waals surface area contributed by atoms with Gasteiger partial charge in [0, 0.05) is 34.2 Å². The molecule has 9 heteroatoms. The molecule has 0 spiro atoms. The second kappa shape index (κ2) is 11.3. The lowest BCUT2D eigenvalue weighted by Crippen LogP contribution is -2.41. The van der Waals surface area contributed by atoms with Gasteiger partial charge in [-0.2, -0.15) is 0 Å². The summed E-state index contributed by atoms with van der Waals surface area (Å²) in [7, 11) is 4.71. The van der Waals surface area contributed by atoms with Gasteiger partial charge in [-0.1, -0.05) is 29.8 Å². The van der Waals surface area contributed by atoms with Crippen LogP contribution in [0.1, 0.15) is 51.4 Å². The van der Waals surface area contributed by atoms with Crippen molar-refractivity contribution in [3.05, 3.63) is 83.1 Å². The molecule has 0 atom stereocenters. The molecular weight excluding hydrogens is 470 g/mol. The molecule has 37 heavy (non-hydrogen) atoms. The van der Waals surface area contributed by atoms with Crippen LogP contribution in [0.25, 0.3) is 0 Å². The molecule has 1 aliphatic heterocycles. The molecule has 0 unspecified atom stereocenters. The zero-order valence-corrected chi connectivity index (χ0v) is 21.8. The number of aromatic nitrogens is 2. The molecule has 194 valence electrons. The van der Waals surface area contributed by atoms with E-state index >= 15 is 0 Å². The molecule has 4 rings (SSSR count). The van der Waals surface area contributed by atoms with E-state index in [2.05, 4.69) is 9.88 Å². The van der Waals surface area contributed by atoms with Crippen molar-refractivity contribution in [3.63, 3.8) is 0 Å². The third-order valence-corrected chi connectivity index (χ3v) is 6.63. The van der Waals surface area contributed by atoms with Crippen molar-refractivity contribution in [3.8, 4) is 0 Å². The van der Waals surface area contributed by atoms with Crippen LogP contribution >= 0.6 is 0 Å². The molecule has 3 amide bonds. The molecular formula is C28H33N5O4. The molecule has 1 saturated heterocycles. The van der Waals surface area contributed by atoms with Crippen molar-refractivity contribution >= 4 is 23.7 Å². The van der Waals surface area contributed by atoms with Gasteiger partial charge in [0.2, 0.25) is 11.7 Å². The van der Waals surface area contributed by atoms with Crippen LogP contribution in [0, 0.1) is 6.92 Å². The Morgan fingerprint density at radius 2 is 1.84 bits per heavy atom. The first kappa shape index (κ1) is 25.9. The van der Waals surface area contributed by atoms with Crippen molar-refractivity contribution in [2.75, 3.05) is 39.1 Å². The van der Waals surface area contributed by atoms with Crippen LogP contribution < -0.4 is 4.90 Å². The highest BCUT2D eigenvalue weighted by molar-refractivity contribution is 6.03. The SMILES string of the molecule is Cc1ccccc1Cn1c(C(=O)N(C)C(=O)N(C)C)cnc1N1CCC/C(=C\C(=O)c2ccco2)CC1. The summed E-state index contributed by atoms with van der Waals surface area (Å²) < 4.78 is 7.13. The molecule has 1 aromatic carbocycles. The minimum atomic E-state index is -0.412. The molecule has 0 aliphatic carbocycles. The zero-order chi connectivity index (χ0) is 26.5. The fourth-order valence-electron chi connectivity index (χ4n) is 4.49. The maximum absolute atomic E-state index is 13.4. The predicted molar refractivity (Wildman–Crippen MR) is 141 cm³/mol. The Labute approximate surface area is 217 Å². The second-order valence-electron chi connectivity index (χ2n) is 9.48. The van der Waals surface area contributed by atoms with E-state index in [1.165, 1.54) is 18.2 Å². The van der Waals surface area contributed by atoms with Gasteiger partial charge >= 0.3 is 6.03 Å². The number of hydrogen-bond acceptors (Lipinski definition) is 6. The fraction of sp³-hybridized carbons (Fsp3) is 0.357. The number of allylic oxidation sites excluding steroid dienone is 1. The van der Waals surface area contributed by atoms with Crippen molar-refractivity contribution in [1.82, 2.24) is 19.4 Å². The number of benzene rings is 1. The quantitative estimate of drug-likeness (QED) is 0.366. The van der Waals surface area contributed by atoms with Crippen LogP contribution in [0.15, 0.2) is 64.9 Å². The molecule has 0 radical (unpaired) electrons. The number of rotatable bonds is 6. The van der Waals surface area contributed by atoms with Crippen molar-refractivity contribution in [1.29, 1.82) is 0 Å². The Morgan fingerprint density at radius 3 is 2.54 bits per heavy atom. The van der Waals surface area contributed by atoms with Crippen molar-refractivity contribution < 1.29 is 18.8 Å². The van der Waals surface area contributed by atoms with Gasteiger partial charge in [-0.15, -0.1) is 0 Å². The molecule has 2 aromatic heterocycles. The first-order chi connectivity index (χ1) is 17.8. The molecule has 3 aromatic rings. The molecule has 1 fully saturated rings. The van der Waals surface area contributed by atoms with E-state index in [-0.39, 0.29) is 5.78 Å². The highest BCUT2D eigenvalue weighted by Gasteiger charge is 2.27. The van der Waals surface area contributed by atoms with Crippen LogP contribution in [-0.2, 0) is 6.54 Å². The van der Waals surface area contributed by atoms with Crippen LogP contribution in [-0.4, -0.2) is 71.3 Å². The third kappa shape index (κ3) is 5.82. The lowest BCUT2D eigenvalue weighted by Gasteiger charge is -2.25. The predicted octanol–water partition coefficient (Wildman–Crippen LogP) is 4.39. The lowest BCUT2D eigenvalue weighted by atomic mass is 10.1. The monoisotopic (exact) mass is 503 g/mol. The lowest BCUT2D eigenvalue weighted by molar-refractivity contribution is 0.0800. The Hall–Kier alpha value is -4.14. The number of hydrogen-bond donors (Lipinski definition) is 0. The summed E-state index contributed by atoms with van der Waals surface area (Å²) in [5.74, 6) is 0.472. The van der Waals surface area contributed by atoms with Gasteiger partial charge < -0.3 is 18.8 Å². The van der Waals surface area contributed by atoms with Gasteiger partial charge in [-0.3, -0.25) is 14.5 Å². The van der Waals surface area contributed by atoms with Crippen LogP contribution in [0.4, 0.5) is 10.7 Å². The number of carbonyl (C=O) groups is 3. The number of amides is 3. The summed E-state index contributed by atoms with van der Waals surface area (Å²) >= 11 is 0. The molecule has 0 saturated carbocycles.